The minimum Gasteiger partial charge on any atom is -0.294 e. The highest BCUT2D eigenvalue weighted by molar-refractivity contribution is 7.84. The Hall–Kier alpha value is -0.750. The van der Waals surface area contributed by atoms with E-state index in [0.29, 0.717) is 6.54 Å². The van der Waals surface area contributed by atoms with Gasteiger partial charge in [0, 0.05) is 28.9 Å². The zero-order valence-electron chi connectivity index (χ0n) is 8.28. The number of nitrogens with zero attached hydrogens (tertiary/aromatic N) is 1. The maximum atomic E-state index is 11.1. The maximum Gasteiger partial charge on any atom is 0.240 e. The van der Waals surface area contributed by atoms with Crippen LogP contribution >= 0.6 is 0 Å². The van der Waals surface area contributed by atoms with E-state index < -0.39 is 10.8 Å². The first-order valence-corrected chi connectivity index (χ1v) is 5.98. The number of piperazine rings is 1. The molecule has 1 aliphatic rings. The van der Waals surface area contributed by atoms with Gasteiger partial charge in [0.05, 0.1) is 13.1 Å². The van der Waals surface area contributed by atoms with E-state index in [9.17, 15) is 13.8 Å². The van der Waals surface area contributed by atoms with Gasteiger partial charge in [-0.3, -0.25) is 24.0 Å². The van der Waals surface area contributed by atoms with Gasteiger partial charge in [-0.05, 0) is 6.92 Å². The first-order chi connectivity index (χ1) is 6.49. The Morgan fingerprint density at radius 3 is 2.36 bits per heavy atom. The molecule has 0 aromatic heterocycles. The fourth-order valence-electron chi connectivity index (χ4n) is 1.29. The third kappa shape index (κ3) is 3.19. The van der Waals surface area contributed by atoms with Gasteiger partial charge in [-0.25, -0.2) is 0 Å². The van der Waals surface area contributed by atoms with Crippen LogP contribution < -0.4 is 5.32 Å². The van der Waals surface area contributed by atoms with Crippen LogP contribution in [0, 0.1) is 0 Å². The quantitative estimate of drug-likeness (QED) is 0.599. The summed E-state index contributed by atoms with van der Waals surface area (Å²) in [7, 11) is -0.919. The lowest BCUT2D eigenvalue weighted by Crippen LogP contribution is -2.53. The standard InChI is InChI=1S/C8H14N2O3S/c1-6(14(2)13)3-10-4-7(11)9-8(12)5-10/h6H,3-5H2,1-2H3,(H,9,11,12). The average Bonchev–Trinajstić information content (AvgIpc) is 2.01. The molecule has 2 amide bonds. The highest BCUT2D eigenvalue weighted by Crippen LogP contribution is 2.00. The molecule has 80 valence electrons. The van der Waals surface area contributed by atoms with E-state index in [4.69, 9.17) is 0 Å². The lowest BCUT2D eigenvalue weighted by atomic mass is 10.3. The number of amides is 2. The van der Waals surface area contributed by atoms with Crippen molar-refractivity contribution in [2.45, 2.75) is 12.2 Å². The normalized spacial score (nSPS) is 23.0. The first kappa shape index (κ1) is 11.3. The Kier molecular flexibility index (Phi) is 3.77. The predicted octanol–water partition coefficient (Wildman–Crippen LogP) is -1.29. The van der Waals surface area contributed by atoms with Crippen molar-refractivity contribution in [3.05, 3.63) is 0 Å². The number of carbonyl (C=O) groups excluding carboxylic acids is 2. The van der Waals surface area contributed by atoms with Crippen molar-refractivity contribution in [1.82, 2.24) is 10.2 Å². The third-order valence-corrected chi connectivity index (χ3v) is 3.38. The van der Waals surface area contributed by atoms with Gasteiger partial charge in [0.15, 0.2) is 0 Å². The second kappa shape index (κ2) is 4.65. The van der Waals surface area contributed by atoms with Crippen LogP contribution in [0.4, 0.5) is 0 Å². The van der Waals surface area contributed by atoms with Crippen molar-refractivity contribution < 1.29 is 13.8 Å². The number of hydrogen-bond donors (Lipinski definition) is 1. The van der Waals surface area contributed by atoms with E-state index in [1.54, 1.807) is 11.2 Å². The summed E-state index contributed by atoms with van der Waals surface area (Å²) in [5.74, 6) is -0.564. The molecule has 1 aliphatic heterocycles. The Labute approximate surface area is 85.3 Å². The molecular formula is C8H14N2O3S. The molecule has 1 saturated heterocycles. The van der Waals surface area contributed by atoms with Gasteiger partial charge in [0.25, 0.3) is 0 Å². The second-order valence-corrected chi connectivity index (χ2v) is 5.25. The van der Waals surface area contributed by atoms with Crippen molar-refractivity contribution in [3.8, 4) is 0 Å². The molecule has 1 N–H and O–H groups in total. The Morgan fingerprint density at radius 2 is 1.93 bits per heavy atom. The maximum absolute atomic E-state index is 11.1. The van der Waals surface area contributed by atoms with Gasteiger partial charge in [0.1, 0.15) is 0 Å². The SMILES string of the molecule is CC(CN1CC(=O)NC(=O)C1)S(C)=O. The van der Waals surface area contributed by atoms with Crippen molar-refractivity contribution in [1.29, 1.82) is 0 Å². The first-order valence-electron chi connectivity index (χ1n) is 4.36. The van der Waals surface area contributed by atoms with Crippen molar-refractivity contribution >= 4 is 22.6 Å². The van der Waals surface area contributed by atoms with Crippen LogP contribution in [0.3, 0.4) is 0 Å². The molecule has 0 aliphatic carbocycles. The lowest BCUT2D eigenvalue weighted by molar-refractivity contribution is -0.135. The van der Waals surface area contributed by atoms with Gasteiger partial charge < -0.3 is 0 Å². The van der Waals surface area contributed by atoms with E-state index in [2.05, 4.69) is 5.32 Å². The van der Waals surface area contributed by atoms with Gasteiger partial charge >= 0.3 is 0 Å². The number of carbonyl (C=O) groups is 2. The molecule has 1 rings (SSSR count). The van der Waals surface area contributed by atoms with Crippen molar-refractivity contribution in [2.24, 2.45) is 0 Å². The monoisotopic (exact) mass is 218 g/mol. The lowest BCUT2D eigenvalue weighted by Gasteiger charge is -2.26. The van der Waals surface area contributed by atoms with E-state index in [0.717, 1.165) is 0 Å². The van der Waals surface area contributed by atoms with Crippen LogP contribution in [0.15, 0.2) is 0 Å². The van der Waals surface area contributed by atoms with Crippen LogP contribution in [0.1, 0.15) is 6.92 Å². The molecule has 0 aromatic carbocycles. The molecule has 5 nitrogen and oxygen atoms in total. The molecular weight excluding hydrogens is 204 g/mol. The third-order valence-electron chi connectivity index (χ3n) is 2.10. The fraction of sp³-hybridized carbons (Fsp3) is 0.750. The van der Waals surface area contributed by atoms with Gasteiger partial charge in [-0.2, -0.15) is 0 Å². The minimum absolute atomic E-state index is 0.0197. The number of imide groups is 1. The van der Waals surface area contributed by atoms with Gasteiger partial charge in [-0.15, -0.1) is 0 Å². The second-order valence-electron chi connectivity index (χ2n) is 3.45. The number of hydrogen-bond acceptors (Lipinski definition) is 4. The van der Waals surface area contributed by atoms with E-state index in [-0.39, 0.29) is 30.2 Å². The number of rotatable bonds is 3. The molecule has 2 atom stereocenters. The summed E-state index contributed by atoms with van der Waals surface area (Å²) in [6, 6.07) is 0. The van der Waals surface area contributed by atoms with Crippen LogP contribution in [0.25, 0.3) is 0 Å². The topological polar surface area (TPSA) is 66.5 Å². The Balaban J connectivity index is 2.48. The Morgan fingerprint density at radius 1 is 1.43 bits per heavy atom. The predicted molar refractivity (Wildman–Crippen MR) is 53.1 cm³/mol. The van der Waals surface area contributed by atoms with Gasteiger partial charge in [-0.1, -0.05) is 0 Å². The van der Waals surface area contributed by atoms with Crippen LogP contribution in [-0.4, -0.2) is 52.1 Å². The summed E-state index contributed by atoms with van der Waals surface area (Å²) in [5, 5.41) is 2.20. The minimum atomic E-state index is -0.919. The van der Waals surface area contributed by atoms with Crippen LogP contribution in [0.5, 0.6) is 0 Å². The summed E-state index contributed by atoms with van der Waals surface area (Å²) in [4.78, 5) is 23.7. The fourth-order valence-corrected chi connectivity index (χ4v) is 1.72. The smallest absolute Gasteiger partial charge is 0.240 e. The van der Waals surface area contributed by atoms with Crippen LogP contribution in [0.2, 0.25) is 0 Å². The molecule has 1 fully saturated rings. The average molecular weight is 218 g/mol. The summed E-state index contributed by atoms with van der Waals surface area (Å²) in [5.41, 5.74) is 0. The van der Waals surface area contributed by atoms with Crippen molar-refractivity contribution in [2.75, 3.05) is 25.9 Å². The van der Waals surface area contributed by atoms with Gasteiger partial charge in [0.2, 0.25) is 11.8 Å². The van der Waals surface area contributed by atoms with Crippen LogP contribution in [-0.2, 0) is 20.4 Å². The molecule has 0 bridgehead atoms. The summed E-state index contributed by atoms with van der Waals surface area (Å²) >= 11 is 0. The highest BCUT2D eigenvalue weighted by Gasteiger charge is 2.24. The molecule has 0 spiro atoms. The van der Waals surface area contributed by atoms with Crippen molar-refractivity contribution in [3.63, 3.8) is 0 Å². The highest BCUT2D eigenvalue weighted by atomic mass is 32.2. The van der Waals surface area contributed by atoms with E-state index in [1.165, 1.54) is 0 Å². The summed E-state index contributed by atoms with van der Waals surface area (Å²) in [6.07, 6.45) is 1.62. The molecule has 2 unspecified atom stereocenters. The number of nitrogens with one attached hydrogen (secondary N) is 1. The summed E-state index contributed by atoms with van der Waals surface area (Å²) < 4.78 is 11.1. The molecule has 1 heterocycles. The Bertz CT molecular complexity index is 264. The molecule has 0 radical (unpaired) electrons. The van der Waals surface area contributed by atoms with E-state index in [1.807, 2.05) is 6.92 Å². The van der Waals surface area contributed by atoms with E-state index >= 15 is 0 Å². The molecule has 6 heteroatoms. The molecule has 14 heavy (non-hydrogen) atoms. The zero-order valence-corrected chi connectivity index (χ0v) is 9.10. The molecule has 0 saturated carbocycles. The largest absolute Gasteiger partial charge is 0.294 e. The molecule has 0 aromatic rings. The zero-order chi connectivity index (χ0) is 10.7. The summed E-state index contributed by atoms with van der Waals surface area (Å²) in [6.45, 7) is 2.79.